The molecule has 0 heterocycles. The van der Waals surface area contributed by atoms with Crippen LogP contribution in [0.25, 0.3) is 0 Å². The Kier molecular flexibility index (Phi) is 5.57. The Labute approximate surface area is 61.6 Å². The summed E-state index contributed by atoms with van der Waals surface area (Å²) in [5.74, 6) is 0. The molecule has 0 aliphatic heterocycles. The van der Waals surface area contributed by atoms with Gasteiger partial charge < -0.3 is 0 Å². The van der Waals surface area contributed by atoms with E-state index >= 15 is 0 Å². The molecule has 1 N–H and O–H groups in total. The second kappa shape index (κ2) is 5.40. The molecule has 46 valence electrons. The van der Waals surface area contributed by atoms with E-state index < -0.39 is 0 Å². The molecule has 0 rings (SSSR count). The van der Waals surface area contributed by atoms with E-state index in [1.165, 1.54) is 29.8 Å². The van der Waals surface area contributed by atoms with E-state index in [9.17, 15) is 0 Å². The monoisotopic (exact) mass is 281 g/mol. The molecule has 0 saturated heterocycles. The van der Waals surface area contributed by atoms with E-state index in [2.05, 4.69) is 18.8 Å². The van der Waals surface area contributed by atoms with Crippen molar-refractivity contribution in [1.82, 2.24) is 5.32 Å². The average Bonchev–Trinajstić information content (AvgIpc) is 1.83. The van der Waals surface area contributed by atoms with Crippen molar-refractivity contribution in [2.24, 2.45) is 0 Å². The first kappa shape index (κ1) is 8.26. The van der Waals surface area contributed by atoms with Gasteiger partial charge in [-0.25, -0.2) is 0 Å². The van der Waals surface area contributed by atoms with Gasteiger partial charge in [-0.15, -0.1) is 0 Å². The quantitative estimate of drug-likeness (QED) is 0.805. The van der Waals surface area contributed by atoms with Gasteiger partial charge in [0, 0.05) is 0 Å². The van der Waals surface area contributed by atoms with Crippen molar-refractivity contribution in [3.8, 4) is 0 Å². The first-order valence-electron chi connectivity index (χ1n) is 2.71. The summed E-state index contributed by atoms with van der Waals surface area (Å²) in [5, 5.41) is 3.22. The molecule has 2 heteroatoms. The predicted octanol–water partition coefficient (Wildman–Crippen LogP) is 0.849. The van der Waals surface area contributed by atoms with Crippen LogP contribution in [0.2, 0.25) is 0 Å². The fourth-order valence-corrected chi connectivity index (χ4v) is 0.687. The molecule has 0 atom stereocenters. The van der Waals surface area contributed by atoms with Gasteiger partial charge in [0.2, 0.25) is 0 Å². The fraction of sp³-hybridized carbons (Fsp3) is 0.500. The van der Waals surface area contributed by atoms with Crippen molar-refractivity contribution in [1.29, 1.82) is 0 Å². The zero-order chi connectivity index (χ0) is 6.41. The van der Waals surface area contributed by atoms with Gasteiger partial charge >= 0.3 is 61.2 Å². The maximum atomic E-state index is 3.63. The third kappa shape index (κ3) is 4.42. The molecule has 0 bridgehead atoms. The van der Waals surface area contributed by atoms with Crippen LogP contribution in [0, 0.1) is 0 Å². The van der Waals surface area contributed by atoms with Crippen LogP contribution in [-0.4, -0.2) is 10.6 Å². The summed E-state index contributed by atoms with van der Waals surface area (Å²) in [6.45, 7) is 6.86. The van der Waals surface area contributed by atoms with Crippen LogP contribution in [-0.2, 0) is 19.4 Å². The Bertz CT molecular complexity index is 88.5. The normalized spacial score (nSPS) is 8.62. The molecule has 0 aliphatic rings. The summed E-state index contributed by atoms with van der Waals surface area (Å²) in [6, 6.07) is 0. The molecular weight excluding hydrogens is 270 g/mol. The average molecular weight is 281 g/mol. The van der Waals surface area contributed by atoms with Gasteiger partial charge in [-0.2, -0.15) is 0 Å². The third-order valence-electron chi connectivity index (χ3n) is 0.735. The molecular formula is C6H11NW. The van der Waals surface area contributed by atoms with Gasteiger partial charge in [0.05, 0.1) is 0 Å². The summed E-state index contributed by atoms with van der Waals surface area (Å²) in [6.07, 6.45) is 3.05. The van der Waals surface area contributed by atoms with Gasteiger partial charge in [-0.05, 0) is 0 Å². The summed E-state index contributed by atoms with van der Waals surface area (Å²) in [4.78, 5) is 0. The molecule has 0 spiro atoms. The molecule has 0 aliphatic carbocycles. The molecule has 0 radical (unpaired) electrons. The molecule has 0 aromatic heterocycles. The van der Waals surface area contributed by atoms with Crippen LogP contribution in [0.3, 0.4) is 0 Å². The van der Waals surface area contributed by atoms with E-state index in [1.54, 1.807) is 0 Å². The van der Waals surface area contributed by atoms with Crippen LogP contribution in [0.1, 0.15) is 13.3 Å². The molecule has 0 unspecified atom stereocenters. The molecule has 1 nitrogen and oxygen atoms in total. The Hall–Kier alpha value is 0.258. The predicted molar refractivity (Wildman–Crippen MR) is 33.5 cm³/mol. The number of hydrogen-bond donors (Lipinski definition) is 1. The zero-order valence-corrected chi connectivity index (χ0v) is 8.04. The topological polar surface area (TPSA) is 12.0 Å². The third-order valence-corrected chi connectivity index (χ3v) is 1.85. The zero-order valence-electron chi connectivity index (χ0n) is 5.11. The van der Waals surface area contributed by atoms with Crippen LogP contribution < -0.4 is 5.32 Å². The van der Waals surface area contributed by atoms with Crippen LogP contribution >= 0.6 is 0 Å². The van der Waals surface area contributed by atoms with Crippen LogP contribution in [0.5, 0.6) is 0 Å². The molecule has 8 heavy (non-hydrogen) atoms. The standard InChI is InChI=1S/C6H11N.W/c1-3-5-7-6-4-2;/h3,7H,1,4,6H2,2H3;. The van der Waals surface area contributed by atoms with Crippen LogP contribution in [0.15, 0.2) is 12.7 Å². The number of hydrogen-bond acceptors (Lipinski definition) is 1. The first-order chi connectivity index (χ1) is 3.81. The van der Waals surface area contributed by atoms with Gasteiger partial charge in [0.1, 0.15) is 0 Å². The van der Waals surface area contributed by atoms with Crippen molar-refractivity contribution < 1.29 is 19.4 Å². The van der Waals surface area contributed by atoms with Crippen molar-refractivity contribution >= 4 is 4.02 Å². The molecule has 0 fully saturated rings. The fourth-order valence-electron chi connectivity index (χ4n) is 0.320. The van der Waals surface area contributed by atoms with Gasteiger partial charge in [0.15, 0.2) is 0 Å². The van der Waals surface area contributed by atoms with Gasteiger partial charge in [0.25, 0.3) is 0 Å². The summed E-state index contributed by atoms with van der Waals surface area (Å²) < 4.78 is 1.24. The van der Waals surface area contributed by atoms with Crippen molar-refractivity contribution in [3.63, 3.8) is 0 Å². The minimum absolute atomic E-state index is 1.07. The summed E-state index contributed by atoms with van der Waals surface area (Å²) in [5.41, 5.74) is 0. The first-order valence-corrected chi connectivity index (χ1v) is 4.18. The molecule has 0 aromatic rings. The van der Waals surface area contributed by atoms with Gasteiger partial charge in [-0.1, -0.05) is 0 Å². The van der Waals surface area contributed by atoms with Gasteiger partial charge in [-0.3, -0.25) is 0 Å². The summed E-state index contributed by atoms with van der Waals surface area (Å²) in [7, 11) is 0. The number of rotatable bonds is 4. The maximum absolute atomic E-state index is 3.63. The second-order valence-electron chi connectivity index (χ2n) is 1.50. The SMILES string of the molecule is C=C[C](=[W])NCCC. The Morgan fingerprint density at radius 2 is 2.50 bits per heavy atom. The Morgan fingerprint density at radius 3 is 2.88 bits per heavy atom. The van der Waals surface area contributed by atoms with E-state index in [-0.39, 0.29) is 0 Å². The summed E-state index contributed by atoms with van der Waals surface area (Å²) >= 11 is 1.46. The number of nitrogens with one attached hydrogen (secondary N) is 1. The molecule has 0 saturated carbocycles. The Balaban J connectivity index is 3.11. The van der Waals surface area contributed by atoms with E-state index in [0.29, 0.717) is 0 Å². The van der Waals surface area contributed by atoms with E-state index in [1.807, 2.05) is 6.08 Å². The van der Waals surface area contributed by atoms with Crippen molar-refractivity contribution in [3.05, 3.63) is 12.7 Å². The van der Waals surface area contributed by atoms with E-state index in [4.69, 9.17) is 0 Å². The second-order valence-corrected chi connectivity index (χ2v) is 3.08. The van der Waals surface area contributed by atoms with Crippen molar-refractivity contribution in [2.45, 2.75) is 13.3 Å². The van der Waals surface area contributed by atoms with Crippen LogP contribution in [0.4, 0.5) is 0 Å². The van der Waals surface area contributed by atoms with Crippen molar-refractivity contribution in [2.75, 3.05) is 6.54 Å². The van der Waals surface area contributed by atoms with E-state index in [0.717, 1.165) is 6.54 Å². The Morgan fingerprint density at radius 1 is 1.88 bits per heavy atom. The minimum atomic E-state index is 1.07. The molecule has 0 amide bonds. The molecule has 0 aromatic carbocycles.